The van der Waals surface area contributed by atoms with Gasteiger partial charge in [0.2, 0.25) is 0 Å². The summed E-state index contributed by atoms with van der Waals surface area (Å²) < 4.78 is 7.35. The van der Waals surface area contributed by atoms with E-state index in [2.05, 4.69) is 4.98 Å². The van der Waals surface area contributed by atoms with Crippen molar-refractivity contribution in [2.24, 2.45) is 0 Å². The van der Waals surface area contributed by atoms with Crippen LogP contribution in [0.25, 0.3) is 10.2 Å². The van der Waals surface area contributed by atoms with E-state index < -0.39 is 5.97 Å². The molecule has 1 N–H and O–H groups in total. The summed E-state index contributed by atoms with van der Waals surface area (Å²) in [6, 6.07) is 3.22. The van der Waals surface area contributed by atoms with Gasteiger partial charge in [-0.05, 0) is 24.4 Å². The maximum atomic E-state index is 12.2. The van der Waals surface area contributed by atoms with E-state index in [1.54, 1.807) is 13.0 Å². The van der Waals surface area contributed by atoms with E-state index in [1.807, 2.05) is 5.38 Å². The second-order valence-electron chi connectivity index (χ2n) is 4.30. The second kappa shape index (κ2) is 4.61. The van der Waals surface area contributed by atoms with E-state index in [0.29, 0.717) is 21.7 Å². The van der Waals surface area contributed by atoms with Crippen molar-refractivity contribution in [3.05, 3.63) is 51.3 Å². The number of thiophene rings is 1. The van der Waals surface area contributed by atoms with Crippen molar-refractivity contribution >= 4 is 27.5 Å². The Hall–Kier alpha value is -2.41. The van der Waals surface area contributed by atoms with Crippen molar-refractivity contribution in [1.29, 1.82) is 0 Å². The number of carbonyl (C=O) groups is 1. The van der Waals surface area contributed by atoms with Gasteiger partial charge in [-0.15, -0.1) is 11.3 Å². The number of carboxylic acid groups (broad SMARTS) is 1. The molecule has 0 aromatic carbocycles. The molecule has 0 bridgehead atoms. The summed E-state index contributed by atoms with van der Waals surface area (Å²) in [5.74, 6) is -0.304. The normalized spacial score (nSPS) is 11.1. The zero-order chi connectivity index (χ0) is 14.3. The van der Waals surface area contributed by atoms with Crippen molar-refractivity contribution in [3.8, 4) is 0 Å². The number of aryl methyl sites for hydroxylation is 1. The Morgan fingerprint density at radius 3 is 3.05 bits per heavy atom. The molecule has 0 aliphatic rings. The van der Waals surface area contributed by atoms with Gasteiger partial charge in [0.25, 0.3) is 5.56 Å². The predicted molar refractivity (Wildman–Crippen MR) is 73.4 cm³/mol. The third kappa shape index (κ3) is 2.01. The van der Waals surface area contributed by atoms with E-state index in [4.69, 9.17) is 9.52 Å². The zero-order valence-electron chi connectivity index (χ0n) is 10.5. The lowest BCUT2D eigenvalue weighted by Crippen LogP contribution is -2.19. The molecule has 0 atom stereocenters. The first-order valence-electron chi connectivity index (χ1n) is 5.81. The Morgan fingerprint density at radius 1 is 1.55 bits per heavy atom. The number of aromatic carboxylic acids is 1. The van der Waals surface area contributed by atoms with Crippen molar-refractivity contribution in [2.45, 2.75) is 13.5 Å². The monoisotopic (exact) mass is 290 g/mol. The van der Waals surface area contributed by atoms with Crippen LogP contribution < -0.4 is 5.56 Å². The minimum Gasteiger partial charge on any atom is -0.478 e. The van der Waals surface area contributed by atoms with Gasteiger partial charge in [-0.1, -0.05) is 0 Å². The molecular formula is C13H10N2O4S. The quantitative estimate of drug-likeness (QED) is 0.798. The number of hydrogen-bond acceptors (Lipinski definition) is 5. The van der Waals surface area contributed by atoms with Crippen LogP contribution in [-0.4, -0.2) is 20.6 Å². The molecular weight excluding hydrogens is 280 g/mol. The van der Waals surface area contributed by atoms with Crippen LogP contribution in [0.3, 0.4) is 0 Å². The van der Waals surface area contributed by atoms with Gasteiger partial charge in [0.05, 0.1) is 18.4 Å². The van der Waals surface area contributed by atoms with Crippen molar-refractivity contribution < 1.29 is 14.3 Å². The molecule has 0 spiro atoms. The van der Waals surface area contributed by atoms with Gasteiger partial charge in [0, 0.05) is 0 Å². The fourth-order valence-electron chi connectivity index (χ4n) is 1.99. The Balaban J connectivity index is 2.01. The molecule has 3 aromatic rings. The Morgan fingerprint density at radius 2 is 2.35 bits per heavy atom. The summed E-state index contributed by atoms with van der Waals surface area (Å²) in [6.07, 6.45) is 1.44. The summed E-state index contributed by atoms with van der Waals surface area (Å²) in [5, 5.41) is 10.8. The van der Waals surface area contributed by atoms with Crippen LogP contribution >= 0.6 is 11.3 Å². The number of carboxylic acids is 1. The minimum absolute atomic E-state index is 0.109. The average molecular weight is 290 g/mol. The van der Waals surface area contributed by atoms with E-state index in [-0.39, 0.29) is 17.7 Å². The number of fused-ring (bicyclic) bond motifs is 1. The Kier molecular flexibility index (Phi) is 2.90. The number of aromatic nitrogens is 2. The highest BCUT2D eigenvalue weighted by Gasteiger charge is 2.15. The summed E-state index contributed by atoms with van der Waals surface area (Å²) in [5.41, 5.74) is 0.618. The first-order valence-corrected chi connectivity index (χ1v) is 6.69. The zero-order valence-corrected chi connectivity index (χ0v) is 11.3. The highest BCUT2D eigenvalue weighted by Crippen LogP contribution is 2.17. The fraction of sp³-hybridized carbons (Fsp3) is 0.154. The molecule has 0 unspecified atom stereocenters. The van der Waals surface area contributed by atoms with Crippen molar-refractivity contribution in [3.63, 3.8) is 0 Å². The lowest BCUT2D eigenvalue weighted by molar-refractivity contribution is 0.0695. The number of nitrogens with zero attached hydrogens (tertiary/aromatic N) is 2. The van der Waals surface area contributed by atoms with Crippen LogP contribution in [-0.2, 0) is 6.54 Å². The molecule has 0 fully saturated rings. The lowest BCUT2D eigenvalue weighted by atomic mass is 10.2. The highest BCUT2D eigenvalue weighted by atomic mass is 32.1. The predicted octanol–water partition coefficient (Wildman–Crippen LogP) is 2.11. The molecule has 3 heterocycles. The molecule has 0 aliphatic heterocycles. The largest absolute Gasteiger partial charge is 0.478 e. The van der Waals surface area contributed by atoms with Crippen LogP contribution in [0.5, 0.6) is 0 Å². The Bertz CT molecular complexity index is 859. The molecule has 3 aromatic heterocycles. The summed E-state index contributed by atoms with van der Waals surface area (Å²) in [7, 11) is 0. The van der Waals surface area contributed by atoms with Gasteiger partial charge in [-0.2, -0.15) is 0 Å². The molecule has 0 saturated heterocycles. The average Bonchev–Trinajstić information content (AvgIpc) is 2.99. The SMILES string of the molecule is Cc1oc(Cn2cnc3ccsc3c2=O)cc1C(=O)O. The first-order chi connectivity index (χ1) is 9.56. The van der Waals surface area contributed by atoms with Crippen LogP contribution in [0, 0.1) is 6.92 Å². The molecule has 20 heavy (non-hydrogen) atoms. The summed E-state index contributed by atoms with van der Waals surface area (Å²) in [4.78, 5) is 27.3. The number of rotatable bonds is 3. The van der Waals surface area contributed by atoms with Crippen molar-refractivity contribution in [2.75, 3.05) is 0 Å². The highest BCUT2D eigenvalue weighted by molar-refractivity contribution is 7.17. The van der Waals surface area contributed by atoms with Gasteiger partial charge < -0.3 is 9.52 Å². The summed E-state index contributed by atoms with van der Waals surface area (Å²) in [6.45, 7) is 1.74. The molecule has 3 rings (SSSR count). The maximum absolute atomic E-state index is 12.2. The molecule has 0 aliphatic carbocycles. The van der Waals surface area contributed by atoms with Crippen LogP contribution in [0.15, 0.2) is 33.1 Å². The van der Waals surface area contributed by atoms with Gasteiger partial charge in [-0.25, -0.2) is 9.78 Å². The van der Waals surface area contributed by atoms with E-state index in [9.17, 15) is 9.59 Å². The first kappa shape index (κ1) is 12.6. The van der Waals surface area contributed by atoms with Gasteiger partial charge >= 0.3 is 5.97 Å². The van der Waals surface area contributed by atoms with E-state index in [0.717, 1.165) is 0 Å². The standard InChI is InChI=1S/C13H10N2O4S/c1-7-9(13(17)18)4-8(19-7)5-15-6-14-10-2-3-20-11(10)12(15)16/h2-4,6H,5H2,1H3,(H,17,18). The lowest BCUT2D eigenvalue weighted by Gasteiger charge is -2.02. The molecule has 102 valence electrons. The molecule has 7 heteroatoms. The van der Waals surface area contributed by atoms with Crippen LogP contribution in [0.1, 0.15) is 21.9 Å². The molecule has 0 saturated carbocycles. The van der Waals surface area contributed by atoms with Gasteiger partial charge in [-0.3, -0.25) is 9.36 Å². The van der Waals surface area contributed by atoms with Crippen molar-refractivity contribution in [1.82, 2.24) is 9.55 Å². The Labute approximate surface area is 116 Å². The van der Waals surface area contributed by atoms with Crippen LogP contribution in [0.2, 0.25) is 0 Å². The third-order valence-electron chi connectivity index (χ3n) is 2.96. The molecule has 0 radical (unpaired) electrons. The molecule has 0 amide bonds. The maximum Gasteiger partial charge on any atom is 0.339 e. The second-order valence-corrected chi connectivity index (χ2v) is 5.22. The fourth-order valence-corrected chi connectivity index (χ4v) is 2.79. The topological polar surface area (TPSA) is 85.3 Å². The minimum atomic E-state index is -1.04. The van der Waals surface area contributed by atoms with Crippen LogP contribution in [0.4, 0.5) is 0 Å². The summed E-state index contributed by atoms with van der Waals surface area (Å²) >= 11 is 1.33. The number of hydrogen-bond donors (Lipinski definition) is 1. The van der Waals surface area contributed by atoms with E-state index >= 15 is 0 Å². The van der Waals surface area contributed by atoms with Gasteiger partial charge in [0.15, 0.2) is 0 Å². The van der Waals surface area contributed by atoms with Gasteiger partial charge in [0.1, 0.15) is 21.8 Å². The third-order valence-corrected chi connectivity index (χ3v) is 3.85. The van der Waals surface area contributed by atoms with E-state index in [1.165, 1.54) is 28.3 Å². The smallest absolute Gasteiger partial charge is 0.339 e. The number of furan rings is 1. The molecule has 6 nitrogen and oxygen atoms in total.